The Kier molecular flexibility index (Phi) is 3.66. The van der Waals surface area contributed by atoms with Crippen molar-refractivity contribution in [3.8, 4) is 16.9 Å². The quantitative estimate of drug-likeness (QED) is 0.616. The van der Waals surface area contributed by atoms with Gasteiger partial charge in [0, 0.05) is 6.20 Å². The molecule has 2 heterocycles. The van der Waals surface area contributed by atoms with Gasteiger partial charge in [-0.2, -0.15) is 13.2 Å². The molecule has 24 heavy (non-hydrogen) atoms. The predicted molar refractivity (Wildman–Crippen MR) is 72.3 cm³/mol. The number of alkyl halides is 6. The normalized spacial score (nSPS) is 12.6. The zero-order valence-corrected chi connectivity index (χ0v) is 11.7. The third kappa shape index (κ3) is 3.29. The van der Waals surface area contributed by atoms with Crippen LogP contribution < -0.4 is 4.74 Å². The summed E-state index contributed by atoms with van der Waals surface area (Å²) in [7, 11) is 0. The highest BCUT2D eigenvalue weighted by Crippen LogP contribution is 2.33. The molecule has 3 aromatic rings. The third-order valence-corrected chi connectivity index (χ3v) is 3.23. The molecule has 0 unspecified atom stereocenters. The highest BCUT2D eigenvalue weighted by Gasteiger charge is 2.35. The van der Waals surface area contributed by atoms with Gasteiger partial charge in [-0.05, 0) is 35.4 Å². The highest BCUT2D eigenvalue weighted by atomic mass is 19.4. The van der Waals surface area contributed by atoms with Gasteiger partial charge in [-0.3, -0.25) is 0 Å². The molecule has 2 aromatic heterocycles. The van der Waals surface area contributed by atoms with Crippen LogP contribution in [0.5, 0.6) is 5.75 Å². The molecule has 0 radical (unpaired) electrons. The number of benzene rings is 1. The molecule has 0 saturated carbocycles. The minimum Gasteiger partial charge on any atom is -0.406 e. The van der Waals surface area contributed by atoms with Crippen LogP contribution in [-0.2, 0) is 6.18 Å². The van der Waals surface area contributed by atoms with Crippen molar-refractivity contribution in [1.82, 2.24) is 9.38 Å². The number of fused-ring (bicyclic) bond motifs is 1. The summed E-state index contributed by atoms with van der Waals surface area (Å²) in [5.74, 6) is -0.410. The number of nitrogens with zero attached hydrogens (tertiary/aromatic N) is 2. The minimum atomic E-state index is -4.81. The average Bonchev–Trinajstić information content (AvgIpc) is 2.89. The smallest absolute Gasteiger partial charge is 0.406 e. The number of rotatable bonds is 2. The predicted octanol–water partition coefficient (Wildman–Crippen LogP) is 4.92. The lowest BCUT2D eigenvalue weighted by molar-refractivity contribution is -0.274. The second-order valence-corrected chi connectivity index (χ2v) is 4.87. The molecule has 3 nitrogen and oxygen atoms in total. The summed E-state index contributed by atoms with van der Waals surface area (Å²) in [6.45, 7) is 0. The molecule has 0 spiro atoms. The molecule has 0 saturated heterocycles. The molecule has 0 aliphatic heterocycles. The highest BCUT2D eigenvalue weighted by molar-refractivity contribution is 5.70. The Morgan fingerprint density at radius 2 is 1.54 bits per heavy atom. The standard InChI is InChI=1S/C15H8F6N2O/c16-14(17,18)13-12-7-10(5-6-23(12)8-22-13)9-1-3-11(4-2-9)24-15(19,20)21/h1-8H. The van der Waals surface area contributed by atoms with Crippen molar-refractivity contribution >= 4 is 5.52 Å². The summed E-state index contributed by atoms with van der Waals surface area (Å²) in [6, 6.07) is 7.65. The molecule has 1 aromatic carbocycles. The first-order valence-electron chi connectivity index (χ1n) is 6.53. The Morgan fingerprint density at radius 1 is 0.875 bits per heavy atom. The van der Waals surface area contributed by atoms with Crippen molar-refractivity contribution in [1.29, 1.82) is 0 Å². The molecule has 0 aliphatic carbocycles. The average molecular weight is 346 g/mol. The van der Waals surface area contributed by atoms with Crippen LogP contribution >= 0.6 is 0 Å². The summed E-state index contributed by atoms with van der Waals surface area (Å²) >= 11 is 0. The number of imidazole rings is 1. The first-order chi connectivity index (χ1) is 11.1. The summed E-state index contributed by atoms with van der Waals surface area (Å²) in [6.07, 6.45) is -6.97. The Hall–Kier alpha value is -2.71. The van der Waals surface area contributed by atoms with Crippen LogP contribution in [0.25, 0.3) is 16.6 Å². The van der Waals surface area contributed by atoms with Gasteiger partial charge < -0.3 is 9.14 Å². The molecule has 3 rings (SSSR count). The van der Waals surface area contributed by atoms with E-state index in [4.69, 9.17) is 0 Å². The van der Waals surface area contributed by atoms with Gasteiger partial charge in [0.05, 0.1) is 11.8 Å². The second-order valence-electron chi connectivity index (χ2n) is 4.87. The maximum atomic E-state index is 12.9. The first-order valence-corrected chi connectivity index (χ1v) is 6.53. The van der Waals surface area contributed by atoms with E-state index in [1.807, 2.05) is 0 Å². The van der Waals surface area contributed by atoms with Crippen molar-refractivity contribution in [3.05, 3.63) is 54.6 Å². The van der Waals surface area contributed by atoms with Gasteiger partial charge in [-0.25, -0.2) is 4.98 Å². The van der Waals surface area contributed by atoms with Crippen LogP contribution in [0.1, 0.15) is 5.69 Å². The van der Waals surface area contributed by atoms with E-state index in [9.17, 15) is 26.3 Å². The number of aromatic nitrogens is 2. The number of pyridine rings is 1. The zero-order valence-electron chi connectivity index (χ0n) is 11.7. The fourth-order valence-corrected chi connectivity index (χ4v) is 2.24. The Balaban J connectivity index is 1.97. The third-order valence-electron chi connectivity index (χ3n) is 3.23. The van der Waals surface area contributed by atoms with E-state index >= 15 is 0 Å². The zero-order chi connectivity index (χ0) is 17.5. The monoisotopic (exact) mass is 346 g/mol. The summed E-state index contributed by atoms with van der Waals surface area (Å²) in [5.41, 5.74) is -0.314. The van der Waals surface area contributed by atoms with Crippen LogP contribution in [0.3, 0.4) is 0 Å². The SMILES string of the molecule is FC(F)(F)Oc1ccc(-c2ccn3cnc(C(F)(F)F)c3c2)cc1. The molecule has 9 heteroatoms. The molecule has 0 bridgehead atoms. The van der Waals surface area contributed by atoms with Crippen LogP contribution in [0.4, 0.5) is 26.3 Å². The van der Waals surface area contributed by atoms with Gasteiger partial charge >= 0.3 is 12.5 Å². The van der Waals surface area contributed by atoms with Crippen molar-refractivity contribution in [2.24, 2.45) is 0 Å². The van der Waals surface area contributed by atoms with Gasteiger partial charge in [0.1, 0.15) is 5.75 Å². The molecule has 0 N–H and O–H groups in total. The van der Waals surface area contributed by atoms with Crippen molar-refractivity contribution in [2.45, 2.75) is 12.5 Å². The van der Waals surface area contributed by atoms with E-state index in [1.54, 1.807) is 0 Å². The molecule has 0 fully saturated rings. The maximum Gasteiger partial charge on any atom is 0.573 e. The molecule has 0 amide bonds. The maximum absolute atomic E-state index is 12.9. The van der Waals surface area contributed by atoms with Crippen LogP contribution in [0.2, 0.25) is 0 Å². The fourth-order valence-electron chi connectivity index (χ4n) is 2.24. The second kappa shape index (κ2) is 5.43. The van der Waals surface area contributed by atoms with Gasteiger partial charge in [0.25, 0.3) is 0 Å². The van der Waals surface area contributed by atoms with E-state index in [-0.39, 0.29) is 5.52 Å². The van der Waals surface area contributed by atoms with E-state index in [0.717, 1.165) is 18.5 Å². The van der Waals surface area contributed by atoms with E-state index in [1.165, 1.54) is 34.9 Å². The molecule has 0 atom stereocenters. The van der Waals surface area contributed by atoms with Crippen molar-refractivity contribution in [2.75, 3.05) is 0 Å². The number of hydrogen-bond donors (Lipinski definition) is 0. The van der Waals surface area contributed by atoms with Gasteiger partial charge in [-0.1, -0.05) is 12.1 Å². The van der Waals surface area contributed by atoms with Crippen molar-refractivity contribution < 1.29 is 31.1 Å². The Labute approximate surface area is 131 Å². The summed E-state index contributed by atoms with van der Waals surface area (Å²) in [5, 5.41) is 0. The van der Waals surface area contributed by atoms with E-state index < -0.39 is 24.0 Å². The summed E-state index contributed by atoms with van der Waals surface area (Å²) < 4.78 is 80.0. The molecular weight excluding hydrogens is 338 g/mol. The van der Waals surface area contributed by atoms with Crippen LogP contribution in [0.15, 0.2) is 48.9 Å². The number of ether oxygens (including phenoxy) is 1. The first kappa shape index (κ1) is 16.2. The fraction of sp³-hybridized carbons (Fsp3) is 0.133. The molecular formula is C15H8F6N2O. The van der Waals surface area contributed by atoms with E-state index in [0.29, 0.717) is 11.1 Å². The van der Waals surface area contributed by atoms with Crippen molar-refractivity contribution in [3.63, 3.8) is 0 Å². The van der Waals surface area contributed by atoms with Crippen LogP contribution in [0, 0.1) is 0 Å². The number of hydrogen-bond acceptors (Lipinski definition) is 2. The summed E-state index contributed by atoms with van der Waals surface area (Å²) in [4.78, 5) is 3.35. The topological polar surface area (TPSA) is 26.5 Å². The largest absolute Gasteiger partial charge is 0.573 e. The lowest BCUT2D eigenvalue weighted by atomic mass is 10.1. The van der Waals surface area contributed by atoms with E-state index in [2.05, 4.69) is 9.72 Å². The number of halogens is 6. The van der Waals surface area contributed by atoms with Gasteiger partial charge in [0.15, 0.2) is 5.69 Å². The van der Waals surface area contributed by atoms with Crippen LogP contribution in [-0.4, -0.2) is 15.7 Å². The lowest BCUT2D eigenvalue weighted by Crippen LogP contribution is -2.16. The molecule has 126 valence electrons. The van der Waals surface area contributed by atoms with Gasteiger partial charge in [0.2, 0.25) is 0 Å². The minimum absolute atomic E-state index is 0.143. The Bertz CT molecular complexity index is 864. The lowest BCUT2D eigenvalue weighted by Gasteiger charge is -2.10. The Morgan fingerprint density at radius 3 is 2.12 bits per heavy atom. The van der Waals surface area contributed by atoms with Gasteiger partial charge in [-0.15, -0.1) is 13.2 Å². The molecule has 0 aliphatic rings.